The fourth-order valence-corrected chi connectivity index (χ4v) is 6.36. The third-order valence-electron chi connectivity index (χ3n) is 4.76. The lowest BCUT2D eigenvalue weighted by Gasteiger charge is -2.39. The van der Waals surface area contributed by atoms with Crippen molar-refractivity contribution in [2.45, 2.75) is 35.7 Å². The van der Waals surface area contributed by atoms with Crippen molar-refractivity contribution in [1.29, 1.82) is 0 Å². The number of carbonyl (C=O) groups is 1. The van der Waals surface area contributed by atoms with E-state index in [0.29, 0.717) is 0 Å². The summed E-state index contributed by atoms with van der Waals surface area (Å²) in [6.07, 6.45) is 0. The van der Waals surface area contributed by atoms with Crippen molar-refractivity contribution in [3.8, 4) is 0 Å². The Morgan fingerprint density at radius 2 is 1.37 bits per heavy atom. The van der Waals surface area contributed by atoms with Crippen LogP contribution in [0.15, 0.2) is 70.5 Å². The van der Waals surface area contributed by atoms with Gasteiger partial charge in [0, 0.05) is 25.7 Å². The minimum absolute atomic E-state index is 0.0469. The van der Waals surface area contributed by atoms with Gasteiger partial charge in [-0.3, -0.25) is 4.79 Å². The van der Waals surface area contributed by atoms with E-state index >= 15 is 0 Å². The number of sulfonamides is 2. The molecule has 1 unspecified atom stereocenters. The monoisotopic (exact) mass is 451 g/mol. The van der Waals surface area contributed by atoms with Crippen molar-refractivity contribution in [2.24, 2.45) is 0 Å². The molecule has 1 fully saturated rings. The third-order valence-corrected chi connectivity index (χ3v) is 8.56. The van der Waals surface area contributed by atoms with Gasteiger partial charge < -0.3 is 5.32 Å². The van der Waals surface area contributed by atoms with E-state index in [2.05, 4.69) is 5.32 Å². The molecule has 162 valence electrons. The van der Waals surface area contributed by atoms with Gasteiger partial charge in [0.2, 0.25) is 26.0 Å². The Kier molecular flexibility index (Phi) is 6.61. The first-order valence-electron chi connectivity index (χ1n) is 9.56. The molecule has 0 aliphatic carbocycles. The van der Waals surface area contributed by atoms with Crippen LogP contribution in [-0.2, 0) is 24.8 Å². The van der Waals surface area contributed by atoms with Crippen LogP contribution in [-0.4, -0.2) is 63.1 Å². The number of nitrogens with zero attached hydrogens (tertiary/aromatic N) is 2. The van der Waals surface area contributed by atoms with Gasteiger partial charge in [-0.25, -0.2) is 16.8 Å². The highest BCUT2D eigenvalue weighted by Crippen LogP contribution is 2.25. The number of piperazine rings is 1. The molecule has 1 amide bonds. The Morgan fingerprint density at radius 1 is 0.867 bits per heavy atom. The molecule has 1 aliphatic heterocycles. The van der Waals surface area contributed by atoms with E-state index < -0.39 is 32.0 Å². The molecule has 3 rings (SSSR count). The summed E-state index contributed by atoms with van der Waals surface area (Å²) in [5.41, 5.74) is 0. The Bertz CT molecular complexity index is 1090. The van der Waals surface area contributed by atoms with Gasteiger partial charge >= 0.3 is 0 Å². The number of amides is 1. The van der Waals surface area contributed by atoms with Crippen LogP contribution in [0.25, 0.3) is 0 Å². The predicted octanol–water partition coefficient (Wildman–Crippen LogP) is 1.28. The maximum atomic E-state index is 13.2. The molecule has 8 nitrogen and oxygen atoms in total. The molecular formula is C20H25N3O5S2. The van der Waals surface area contributed by atoms with Crippen LogP contribution in [0.3, 0.4) is 0 Å². The zero-order valence-corrected chi connectivity index (χ0v) is 18.4. The van der Waals surface area contributed by atoms with E-state index in [1.807, 2.05) is 0 Å². The molecule has 1 N–H and O–H groups in total. The molecule has 0 radical (unpaired) electrons. The summed E-state index contributed by atoms with van der Waals surface area (Å²) in [6, 6.07) is 14.3. The van der Waals surface area contributed by atoms with Crippen molar-refractivity contribution < 1.29 is 21.6 Å². The van der Waals surface area contributed by atoms with Gasteiger partial charge in [0.15, 0.2) is 0 Å². The van der Waals surface area contributed by atoms with Crippen molar-refractivity contribution in [2.75, 3.05) is 19.6 Å². The molecular weight excluding hydrogens is 426 g/mol. The maximum Gasteiger partial charge on any atom is 0.243 e. The highest BCUT2D eigenvalue weighted by atomic mass is 32.2. The van der Waals surface area contributed by atoms with Crippen molar-refractivity contribution >= 4 is 26.0 Å². The molecule has 0 spiro atoms. The largest absolute Gasteiger partial charge is 0.352 e. The average Bonchev–Trinajstić information content (AvgIpc) is 2.74. The van der Waals surface area contributed by atoms with E-state index in [0.717, 1.165) is 4.31 Å². The van der Waals surface area contributed by atoms with Gasteiger partial charge in [-0.05, 0) is 38.1 Å². The SMILES string of the molecule is CC(C)NC(=O)C1CN(S(=O)(=O)c2ccccc2)CCN1S(=O)(=O)c1ccccc1. The summed E-state index contributed by atoms with van der Waals surface area (Å²) in [5.74, 6) is -0.530. The van der Waals surface area contributed by atoms with Crippen molar-refractivity contribution in [3.05, 3.63) is 60.7 Å². The zero-order valence-electron chi connectivity index (χ0n) is 16.8. The minimum Gasteiger partial charge on any atom is -0.352 e. The van der Waals surface area contributed by atoms with Crippen LogP contribution in [0.1, 0.15) is 13.8 Å². The van der Waals surface area contributed by atoms with E-state index in [-0.39, 0.29) is 35.5 Å². The first-order chi connectivity index (χ1) is 14.1. The summed E-state index contributed by atoms with van der Waals surface area (Å²) in [5, 5.41) is 2.71. The van der Waals surface area contributed by atoms with Gasteiger partial charge in [0.1, 0.15) is 6.04 Å². The standard InChI is InChI=1S/C20H25N3O5S2/c1-16(2)21-20(24)19-15-22(29(25,26)17-9-5-3-6-10-17)13-14-23(19)30(27,28)18-11-7-4-8-12-18/h3-12,16,19H,13-15H2,1-2H3,(H,21,24). The van der Waals surface area contributed by atoms with E-state index in [1.54, 1.807) is 50.2 Å². The van der Waals surface area contributed by atoms with Crippen LogP contribution in [0.5, 0.6) is 0 Å². The fraction of sp³-hybridized carbons (Fsp3) is 0.350. The summed E-state index contributed by atoms with van der Waals surface area (Å²) in [7, 11) is -7.83. The molecule has 1 saturated heterocycles. The Balaban J connectivity index is 1.96. The van der Waals surface area contributed by atoms with E-state index in [9.17, 15) is 21.6 Å². The molecule has 2 aromatic carbocycles. The van der Waals surface area contributed by atoms with Crippen LogP contribution in [0, 0.1) is 0 Å². The first kappa shape index (κ1) is 22.4. The Labute approximate surface area is 177 Å². The number of nitrogens with one attached hydrogen (secondary N) is 1. The molecule has 2 aromatic rings. The van der Waals surface area contributed by atoms with Gasteiger partial charge in [0.05, 0.1) is 9.79 Å². The highest BCUT2D eigenvalue weighted by molar-refractivity contribution is 7.89. The van der Waals surface area contributed by atoms with Crippen molar-refractivity contribution in [3.63, 3.8) is 0 Å². The second kappa shape index (κ2) is 8.84. The number of carbonyl (C=O) groups excluding carboxylic acids is 1. The molecule has 0 aromatic heterocycles. The molecule has 1 atom stereocenters. The van der Waals surface area contributed by atoms with Crippen molar-refractivity contribution in [1.82, 2.24) is 13.9 Å². The fourth-order valence-electron chi connectivity index (χ4n) is 3.31. The van der Waals surface area contributed by atoms with Gasteiger partial charge in [-0.2, -0.15) is 8.61 Å². The summed E-state index contributed by atoms with van der Waals surface area (Å²) in [4.78, 5) is 13.0. The predicted molar refractivity (Wildman–Crippen MR) is 113 cm³/mol. The Hall–Kier alpha value is -2.27. The first-order valence-corrected chi connectivity index (χ1v) is 12.4. The molecule has 30 heavy (non-hydrogen) atoms. The van der Waals surface area contributed by atoms with Crippen LogP contribution < -0.4 is 5.32 Å². The molecule has 0 saturated carbocycles. The number of hydrogen-bond donors (Lipinski definition) is 1. The molecule has 1 heterocycles. The lowest BCUT2D eigenvalue weighted by molar-refractivity contribution is -0.126. The van der Waals surface area contributed by atoms with E-state index in [4.69, 9.17) is 0 Å². The van der Waals surface area contributed by atoms with Gasteiger partial charge in [-0.15, -0.1) is 0 Å². The number of hydrogen-bond acceptors (Lipinski definition) is 5. The lowest BCUT2D eigenvalue weighted by atomic mass is 10.2. The van der Waals surface area contributed by atoms with Gasteiger partial charge in [-0.1, -0.05) is 36.4 Å². The van der Waals surface area contributed by atoms with Gasteiger partial charge in [0.25, 0.3) is 0 Å². The second-order valence-corrected chi connectivity index (χ2v) is 11.1. The highest BCUT2D eigenvalue weighted by Gasteiger charge is 2.43. The zero-order chi connectivity index (χ0) is 21.9. The van der Waals surface area contributed by atoms with Crippen LogP contribution in [0.4, 0.5) is 0 Å². The summed E-state index contributed by atoms with van der Waals surface area (Å²) >= 11 is 0. The summed E-state index contributed by atoms with van der Waals surface area (Å²) in [6.45, 7) is 3.08. The molecule has 0 bridgehead atoms. The second-order valence-electron chi connectivity index (χ2n) is 7.28. The Morgan fingerprint density at radius 3 is 1.87 bits per heavy atom. The van der Waals surface area contributed by atoms with Crippen LogP contribution in [0.2, 0.25) is 0 Å². The maximum absolute atomic E-state index is 13.2. The smallest absolute Gasteiger partial charge is 0.243 e. The number of rotatable bonds is 6. The normalized spacial score (nSPS) is 19.0. The molecule has 10 heteroatoms. The summed E-state index contributed by atoms with van der Waals surface area (Å²) < 4.78 is 54.7. The quantitative estimate of drug-likeness (QED) is 0.712. The van der Waals surface area contributed by atoms with E-state index in [1.165, 1.54) is 28.6 Å². The molecule has 1 aliphatic rings. The van der Waals surface area contributed by atoms with Crippen LogP contribution >= 0.6 is 0 Å². The number of benzene rings is 2. The minimum atomic E-state index is -3.97. The lowest BCUT2D eigenvalue weighted by Crippen LogP contribution is -2.61. The third kappa shape index (κ3) is 4.56. The topological polar surface area (TPSA) is 104 Å². The average molecular weight is 452 g/mol.